The Bertz CT molecular complexity index is 383. The minimum Gasteiger partial charge on any atom is -0.295 e. The first-order valence-corrected chi connectivity index (χ1v) is 5.30. The minimum atomic E-state index is 0.271. The fourth-order valence-electron chi connectivity index (χ4n) is 1.39. The predicted octanol–water partition coefficient (Wildman–Crippen LogP) is 3.24. The number of benzene rings is 1. The average molecular weight is 198 g/mol. The van der Waals surface area contributed by atoms with Crippen LogP contribution in [0.2, 0.25) is 0 Å². The molecule has 1 aromatic rings. The highest BCUT2D eigenvalue weighted by atomic mass is 16.1. The minimum absolute atomic E-state index is 0.271. The van der Waals surface area contributed by atoms with E-state index in [-0.39, 0.29) is 5.78 Å². The van der Waals surface area contributed by atoms with E-state index >= 15 is 0 Å². The zero-order valence-corrected chi connectivity index (χ0v) is 8.60. The number of hydrogen-bond donors (Lipinski definition) is 0. The first-order chi connectivity index (χ1) is 7.36. The van der Waals surface area contributed by atoms with E-state index in [0.29, 0.717) is 5.92 Å². The van der Waals surface area contributed by atoms with Crippen molar-refractivity contribution >= 4 is 11.9 Å². The van der Waals surface area contributed by atoms with E-state index in [2.05, 4.69) is 0 Å². The van der Waals surface area contributed by atoms with E-state index in [4.69, 9.17) is 0 Å². The second-order valence-electron chi connectivity index (χ2n) is 3.81. The Hall–Kier alpha value is -1.63. The maximum atomic E-state index is 11.3. The molecule has 0 aliphatic heterocycles. The number of ketones is 1. The van der Waals surface area contributed by atoms with E-state index in [9.17, 15) is 4.79 Å². The normalized spacial score (nSPS) is 16.3. The van der Waals surface area contributed by atoms with Crippen LogP contribution in [0.1, 0.15) is 18.4 Å². The van der Waals surface area contributed by atoms with Crippen molar-refractivity contribution in [2.45, 2.75) is 12.8 Å². The second-order valence-corrected chi connectivity index (χ2v) is 3.81. The summed E-state index contributed by atoms with van der Waals surface area (Å²) in [5, 5.41) is 0. The fourth-order valence-corrected chi connectivity index (χ4v) is 1.39. The maximum absolute atomic E-state index is 11.3. The molecule has 1 fully saturated rings. The molecular formula is C14H14O. The van der Waals surface area contributed by atoms with Crippen molar-refractivity contribution in [3.8, 4) is 0 Å². The molecule has 0 atom stereocenters. The standard InChI is InChI=1S/C14H14O/c15-14(13-10-11-13)9-5-4-8-12-6-2-1-3-7-12/h1-9,13H,10-11H2/b8-4+,9-5+. The zero-order valence-electron chi connectivity index (χ0n) is 8.60. The number of carbonyl (C=O) groups excluding carboxylic acids is 1. The molecule has 1 aliphatic rings. The molecule has 0 aromatic heterocycles. The van der Waals surface area contributed by atoms with Crippen LogP contribution in [-0.2, 0) is 4.79 Å². The topological polar surface area (TPSA) is 17.1 Å². The van der Waals surface area contributed by atoms with Gasteiger partial charge in [0.25, 0.3) is 0 Å². The summed E-state index contributed by atoms with van der Waals surface area (Å²) in [6.07, 6.45) is 9.56. The molecule has 0 saturated heterocycles. The van der Waals surface area contributed by atoms with Crippen molar-refractivity contribution in [3.05, 3.63) is 54.1 Å². The summed E-state index contributed by atoms with van der Waals surface area (Å²) in [4.78, 5) is 11.3. The molecule has 76 valence electrons. The lowest BCUT2D eigenvalue weighted by Crippen LogP contribution is -1.92. The van der Waals surface area contributed by atoms with Gasteiger partial charge in [-0.1, -0.05) is 48.6 Å². The summed E-state index contributed by atoms with van der Waals surface area (Å²) < 4.78 is 0. The van der Waals surface area contributed by atoms with Gasteiger partial charge in [-0.15, -0.1) is 0 Å². The highest BCUT2D eigenvalue weighted by Gasteiger charge is 2.27. The second kappa shape index (κ2) is 4.74. The molecule has 1 heteroatoms. The van der Waals surface area contributed by atoms with Crippen LogP contribution < -0.4 is 0 Å². The Morgan fingerprint density at radius 3 is 2.53 bits per heavy atom. The molecule has 15 heavy (non-hydrogen) atoms. The van der Waals surface area contributed by atoms with Gasteiger partial charge >= 0.3 is 0 Å². The van der Waals surface area contributed by atoms with Gasteiger partial charge in [0.15, 0.2) is 5.78 Å². The smallest absolute Gasteiger partial charge is 0.158 e. The van der Waals surface area contributed by atoms with Crippen LogP contribution in [0, 0.1) is 5.92 Å². The van der Waals surface area contributed by atoms with Crippen LogP contribution in [0.3, 0.4) is 0 Å². The van der Waals surface area contributed by atoms with Crippen LogP contribution in [0.15, 0.2) is 48.6 Å². The Morgan fingerprint density at radius 1 is 1.13 bits per heavy atom. The summed E-state index contributed by atoms with van der Waals surface area (Å²) in [6, 6.07) is 10.1. The Labute approximate surface area is 90.1 Å². The van der Waals surface area contributed by atoms with Crippen LogP contribution in [-0.4, -0.2) is 5.78 Å². The van der Waals surface area contributed by atoms with E-state index in [1.54, 1.807) is 6.08 Å². The summed E-state index contributed by atoms with van der Waals surface area (Å²) in [5.41, 5.74) is 1.15. The fraction of sp³-hybridized carbons (Fsp3) is 0.214. The lowest BCUT2D eigenvalue weighted by atomic mass is 10.2. The van der Waals surface area contributed by atoms with Crippen molar-refractivity contribution in [1.82, 2.24) is 0 Å². The summed E-state index contributed by atoms with van der Waals surface area (Å²) >= 11 is 0. The SMILES string of the molecule is O=C(/C=C/C=C/c1ccccc1)C1CC1. The Morgan fingerprint density at radius 2 is 1.87 bits per heavy atom. The van der Waals surface area contributed by atoms with Gasteiger partial charge in [0, 0.05) is 5.92 Å². The van der Waals surface area contributed by atoms with Crippen molar-refractivity contribution in [2.24, 2.45) is 5.92 Å². The molecule has 1 aromatic carbocycles. The van der Waals surface area contributed by atoms with E-state index in [1.807, 2.05) is 48.6 Å². The van der Waals surface area contributed by atoms with Gasteiger partial charge < -0.3 is 0 Å². The molecular weight excluding hydrogens is 184 g/mol. The number of allylic oxidation sites excluding steroid dienone is 3. The Balaban J connectivity index is 1.87. The average Bonchev–Trinajstić information content (AvgIpc) is 3.09. The lowest BCUT2D eigenvalue weighted by molar-refractivity contribution is -0.115. The molecule has 0 bridgehead atoms. The summed E-state index contributed by atoms with van der Waals surface area (Å²) in [5.74, 6) is 0.596. The molecule has 1 nitrogen and oxygen atoms in total. The lowest BCUT2D eigenvalue weighted by Gasteiger charge is -1.88. The highest BCUT2D eigenvalue weighted by molar-refractivity contribution is 5.93. The van der Waals surface area contributed by atoms with Crippen LogP contribution >= 0.6 is 0 Å². The van der Waals surface area contributed by atoms with Crippen molar-refractivity contribution in [2.75, 3.05) is 0 Å². The van der Waals surface area contributed by atoms with E-state index in [1.165, 1.54) is 0 Å². The maximum Gasteiger partial charge on any atom is 0.158 e. The first kappa shape index (κ1) is 9.91. The Kier molecular flexibility index (Phi) is 3.13. The first-order valence-electron chi connectivity index (χ1n) is 5.30. The third-order valence-corrected chi connectivity index (χ3v) is 2.44. The molecule has 0 amide bonds. The van der Waals surface area contributed by atoms with Crippen LogP contribution in [0.25, 0.3) is 6.08 Å². The third kappa shape index (κ3) is 3.21. The molecule has 0 radical (unpaired) electrons. The third-order valence-electron chi connectivity index (χ3n) is 2.44. The van der Waals surface area contributed by atoms with Gasteiger partial charge in [0.2, 0.25) is 0 Å². The predicted molar refractivity (Wildman–Crippen MR) is 62.3 cm³/mol. The largest absolute Gasteiger partial charge is 0.295 e. The van der Waals surface area contributed by atoms with Gasteiger partial charge in [-0.05, 0) is 24.5 Å². The van der Waals surface area contributed by atoms with Crippen molar-refractivity contribution < 1.29 is 4.79 Å². The monoisotopic (exact) mass is 198 g/mol. The van der Waals surface area contributed by atoms with Crippen molar-refractivity contribution in [3.63, 3.8) is 0 Å². The highest BCUT2D eigenvalue weighted by Crippen LogP contribution is 2.29. The van der Waals surface area contributed by atoms with Crippen LogP contribution in [0.5, 0.6) is 0 Å². The molecule has 0 spiro atoms. The summed E-state index contributed by atoms with van der Waals surface area (Å²) in [6.45, 7) is 0. The van der Waals surface area contributed by atoms with E-state index in [0.717, 1.165) is 18.4 Å². The van der Waals surface area contributed by atoms with Crippen molar-refractivity contribution in [1.29, 1.82) is 0 Å². The van der Waals surface area contributed by atoms with E-state index < -0.39 is 0 Å². The molecule has 1 aliphatic carbocycles. The van der Waals surface area contributed by atoms with Gasteiger partial charge in [-0.25, -0.2) is 0 Å². The molecule has 1 saturated carbocycles. The molecule has 2 rings (SSSR count). The van der Waals surface area contributed by atoms with Crippen LogP contribution in [0.4, 0.5) is 0 Å². The number of hydrogen-bond acceptors (Lipinski definition) is 1. The number of carbonyl (C=O) groups is 1. The number of rotatable bonds is 4. The van der Waals surface area contributed by atoms with Gasteiger partial charge in [0.1, 0.15) is 0 Å². The molecule has 0 unspecified atom stereocenters. The zero-order chi connectivity index (χ0) is 10.5. The molecule has 0 N–H and O–H groups in total. The molecule has 0 heterocycles. The van der Waals surface area contributed by atoms with Gasteiger partial charge in [-0.2, -0.15) is 0 Å². The van der Waals surface area contributed by atoms with Gasteiger partial charge in [-0.3, -0.25) is 4.79 Å². The van der Waals surface area contributed by atoms with Gasteiger partial charge in [0.05, 0.1) is 0 Å². The quantitative estimate of drug-likeness (QED) is 0.536. The summed E-state index contributed by atoms with van der Waals surface area (Å²) in [7, 11) is 0.